The molecular weight excluding hydrogens is 298 g/mol. The number of halogens is 1. The first kappa shape index (κ1) is 14.3. The average molecular weight is 312 g/mol. The number of rotatable bonds is 4. The highest BCUT2D eigenvalue weighted by Gasteiger charge is 2.06. The molecule has 6 heteroatoms. The highest BCUT2D eigenvalue weighted by Crippen LogP contribution is 2.23. The van der Waals surface area contributed by atoms with Crippen LogP contribution in [0.2, 0.25) is 5.02 Å². The highest BCUT2D eigenvalue weighted by molar-refractivity contribution is 6.33. The van der Waals surface area contributed by atoms with Gasteiger partial charge in [0.1, 0.15) is 5.82 Å². The number of aromatic nitrogens is 3. The van der Waals surface area contributed by atoms with E-state index in [2.05, 4.69) is 25.6 Å². The van der Waals surface area contributed by atoms with Crippen LogP contribution in [-0.2, 0) is 0 Å². The average Bonchev–Trinajstić information content (AvgIpc) is 2.50. The summed E-state index contributed by atoms with van der Waals surface area (Å²) in [4.78, 5) is 12.9. The first-order valence-corrected chi connectivity index (χ1v) is 7.15. The molecule has 0 saturated heterocycles. The maximum absolute atomic E-state index is 6.13. The number of hydrogen-bond donors (Lipinski definition) is 2. The molecule has 0 fully saturated rings. The SMILES string of the molecule is Cc1nc(Nc2ccccc2)nc(Nc2ccccc2Cl)n1. The first-order valence-electron chi connectivity index (χ1n) is 6.77. The van der Waals surface area contributed by atoms with Gasteiger partial charge in [0.2, 0.25) is 11.9 Å². The Balaban J connectivity index is 1.85. The topological polar surface area (TPSA) is 62.7 Å². The molecule has 0 bridgehead atoms. The molecule has 22 heavy (non-hydrogen) atoms. The third kappa shape index (κ3) is 3.51. The predicted molar refractivity (Wildman–Crippen MR) is 89.0 cm³/mol. The minimum atomic E-state index is 0.444. The molecule has 0 radical (unpaired) electrons. The largest absolute Gasteiger partial charge is 0.324 e. The maximum atomic E-state index is 6.13. The van der Waals surface area contributed by atoms with E-state index in [0.717, 1.165) is 11.4 Å². The van der Waals surface area contributed by atoms with E-state index in [4.69, 9.17) is 11.6 Å². The van der Waals surface area contributed by atoms with Crippen molar-refractivity contribution in [2.24, 2.45) is 0 Å². The Morgan fingerprint density at radius 2 is 1.41 bits per heavy atom. The normalized spacial score (nSPS) is 10.3. The molecule has 1 aromatic heterocycles. The molecule has 0 saturated carbocycles. The van der Waals surface area contributed by atoms with Gasteiger partial charge >= 0.3 is 0 Å². The van der Waals surface area contributed by atoms with E-state index in [1.165, 1.54) is 0 Å². The van der Waals surface area contributed by atoms with Crippen molar-refractivity contribution in [1.82, 2.24) is 15.0 Å². The fraction of sp³-hybridized carbons (Fsp3) is 0.0625. The van der Waals surface area contributed by atoms with Gasteiger partial charge in [-0.3, -0.25) is 0 Å². The van der Waals surface area contributed by atoms with E-state index in [1.807, 2.05) is 55.5 Å². The molecule has 0 aliphatic rings. The number of benzene rings is 2. The molecule has 0 aliphatic carbocycles. The van der Waals surface area contributed by atoms with Gasteiger partial charge in [0.25, 0.3) is 0 Å². The lowest BCUT2D eigenvalue weighted by molar-refractivity contribution is 0.989. The summed E-state index contributed by atoms with van der Waals surface area (Å²) in [5.74, 6) is 1.54. The van der Waals surface area contributed by atoms with Crippen molar-refractivity contribution in [3.05, 3.63) is 65.4 Å². The summed E-state index contributed by atoms with van der Waals surface area (Å²) in [7, 11) is 0. The summed E-state index contributed by atoms with van der Waals surface area (Å²) in [6.07, 6.45) is 0. The van der Waals surface area contributed by atoms with Crippen LogP contribution in [0.25, 0.3) is 0 Å². The minimum Gasteiger partial charge on any atom is -0.324 e. The molecule has 2 N–H and O–H groups in total. The van der Waals surface area contributed by atoms with Crippen LogP contribution in [0.1, 0.15) is 5.82 Å². The number of nitrogens with zero attached hydrogens (tertiary/aromatic N) is 3. The molecule has 0 unspecified atom stereocenters. The lowest BCUT2D eigenvalue weighted by atomic mass is 10.3. The Labute approximate surface area is 133 Å². The quantitative estimate of drug-likeness (QED) is 0.751. The zero-order chi connectivity index (χ0) is 15.4. The van der Waals surface area contributed by atoms with Crippen molar-refractivity contribution in [2.75, 3.05) is 10.6 Å². The number of hydrogen-bond acceptors (Lipinski definition) is 5. The molecule has 5 nitrogen and oxygen atoms in total. The van der Waals surface area contributed by atoms with Gasteiger partial charge in [0, 0.05) is 5.69 Å². The van der Waals surface area contributed by atoms with Crippen LogP contribution in [0.5, 0.6) is 0 Å². The molecule has 0 aliphatic heterocycles. The van der Waals surface area contributed by atoms with Crippen molar-refractivity contribution in [3.63, 3.8) is 0 Å². The first-order chi connectivity index (χ1) is 10.7. The Morgan fingerprint density at radius 3 is 2.14 bits per heavy atom. The second-order valence-electron chi connectivity index (χ2n) is 4.63. The second kappa shape index (κ2) is 6.41. The Bertz CT molecular complexity index is 776. The summed E-state index contributed by atoms with van der Waals surface area (Å²) in [6.45, 7) is 1.82. The molecule has 1 heterocycles. The molecular formula is C16H14ClN5. The van der Waals surface area contributed by atoms with Crippen LogP contribution in [0, 0.1) is 6.92 Å². The molecule has 3 rings (SSSR count). The summed E-state index contributed by atoms with van der Waals surface area (Å²) < 4.78 is 0. The van der Waals surface area contributed by atoms with Crippen LogP contribution in [-0.4, -0.2) is 15.0 Å². The third-order valence-corrected chi connectivity index (χ3v) is 3.23. The molecule has 0 amide bonds. The summed E-state index contributed by atoms with van der Waals surface area (Å²) in [5, 5.41) is 6.86. The Kier molecular flexibility index (Phi) is 4.16. The molecule has 3 aromatic rings. The van der Waals surface area contributed by atoms with Gasteiger partial charge in [-0.1, -0.05) is 41.9 Å². The zero-order valence-electron chi connectivity index (χ0n) is 11.9. The fourth-order valence-electron chi connectivity index (χ4n) is 1.93. The summed E-state index contributed by atoms with van der Waals surface area (Å²) in [6, 6.07) is 17.2. The van der Waals surface area contributed by atoms with Gasteiger partial charge in [0.15, 0.2) is 0 Å². The van der Waals surface area contributed by atoms with Crippen molar-refractivity contribution < 1.29 is 0 Å². The van der Waals surface area contributed by atoms with Crippen LogP contribution in [0.4, 0.5) is 23.3 Å². The predicted octanol–water partition coefficient (Wildman–Crippen LogP) is 4.32. The molecule has 0 atom stereocenters. The van der Waals surface area contributed by atoms with Gasteiger partial charge in [-0.05, 0) is 31.2 Å². The van der Waals surface area contributed by atoms with E-state index in [0.29, 0.717) is 22.7 Å². The van der Waals surface area contributed by atoms with Crippen molar-refractivity contribution in [3.8, 4) is 0 Å². The van der Waals surface area contributed by atoms with Gasteiger partial charge < -0.3 is 10.6 Å². The monoisotopic (exact) mass is 311 g/mol. The summed E-state index contributed by atoms with van der Waals surface area (Å²) in [5.41, 5.74) is 1.66. The Morgan fingerprint density at radius 1 is 0.773 bits per heavy atom. The van der Waals surface area contributed by atoms with Crippen LogP contribution in [0.15, 0.2) is 54.6 Å². The fourth-order valence-corrected chi connectivity index (χ4v) is 2.11. The van der Waals surface area contributed by atoms with Gasteiger partial charge in [-0.15, -0.1) is 0 Å². The van der Waals surface area contributed by atoms with Crippen LogP contribution in [0.3, 0.4) is 0 Å². The lowest BCUT2D eigenvalue weighted by Gasteiger charge is -2.09. The highest BCUT2D eigenvalue weighted by atomic mass is 35.5. The van der Waals surface area contributed by atoms with E-state index in [1.54, 1.807) is 6.07 Å². The summed E-state index contributed by atoms with van der Waals surface area (Å²) >= 11 is 6.13. The number of anilines is 4. The smallest absolute Gasteiger partial charge is 0.232 e. The second-order valence-corrected chi connectivity index (χ2v) is 5.03. The van der Waals surface area contributed by atoms with Crippen molar-refractivity contribution in [2.45, 2.75) is 6.92 Å². The number of aryl methyl sites for hydroxylation is 1. The Hall–Kier alpha value is -2.66. The lowest BCUT2D eigenvalue weighted by Crippen LogP contribution is -2.05. The number of nitrogens with one attached hydrogen (secondary N) is 2. The standard InChI is InChI=1S/C16H14ClN5/c1-11-18-15(20-12-7-3-2-4-8-12)22-16(19-11)21-14-10-6-5-9-13(14)17/h2-10H,1H3,(H2,18,19,20,21,22). The van der Waals surface area contributed by atoms with E-state index >= 15 is 0 Å². The van der Waals surface area contributed by atoms with Crippen LogP contribution < -0.4 is 10.6 Å². The van der Waals surface area contributed by atoms with E-state index < -0.39 is 0 Å². The zero-order valence-corrected chi connectivity index (χ0v) is 12.7. The molecule has 110 valence electrons. The van der Waals surface area contributed by atoms with Crippen molar-refractivity contribution in [1.29, 1.82) is 0 Å². The molecule has 0 spiro atoms. The van der Waals surface area contributed by atoms with Gasteiger partial charge in [-0.2, -0.15) is 15.0 Å². The maximum Gasteiger partial charge on any atom is 0.232 e. The number of para-hydroxylation sites is 2. The molecule has 2 aromatic carbocycles. The van der Waals surface area contributed by atoms with Crippen molar-refractivity contribution >= 4 is 34.9 Å². The van der Waals surface area contributed by atoms with Gasteiger partial charge in [-0.25, -0.2) is 0 Å². The third-order valence-electron chi connectivity index (χ3n) is 2.90. The minimum absolute atomic E-state index is 0.444. The van der Waals surface area contributed by atoms with E-state index in [-0.39, 0.29) is 0 Å². The van der Waals surface area contributed by atoms with Gasteiger partial charge in [0.05, 0.1) is 10.7 Å². The van der Waals surface area contributed by atoms with Crippen LogP contribution >= 0.6 is 11.6 Å². The van der Waals surface area contributed by atoms with E-state index in [9.17, 15) is 0 Å².